The molecule has 154 valence electrons. The molecule has 0 amide bonds. The maximum Gasteiger partial charge on any atom is 0.193 e. The Morgan fingerprint density at radius 2 is 1.85 bits per heavy atom. The van der Waals surface area contributed by atoms with E-state index >= 15 is 0 Å². The molecule has 1 N–H and O–H groups in total. The molecule has 0 radical (unpaired) electrons. The summed E-state index contributed by atoms with van der Waals surface area (Å²) >= 11 is 0. The lowest BCUT2D eigenvalue weighted by Gasteiger charge is -2.34. The summed E-state index contributed by atoms with van der Waals surface area (Å²) in [6, 6.07) is 0. The van der Waals surface area contributed by atoms with Gasteiger partial charge in [-0.05, 0) is 66.2 Å². The quantitative estimate of drug-likeness (QED) is 0.261. The second kappa shape index (κ2) is 14.0. The van der Waals surface area contributed by atoms with Crippen molar-refractivity contribution in [1.82, 2.24) is 20.0 Å². The molecule has 0 aromatic rings. The molecule has 2 rings (SSSR count). The topological polar surface area (TPSA) is 43.3 Å². The van der Waals surface area contributed by atoms with Gasteiger partial charge in [-0.25, -0.2) is 0 Å². The number of rotatable bonds is 7. The van der Waals surface area contributed by atoms with E-state index in [0.717, 1.165) is 58.0 Å². The van der Waals surface area contributed by atoms with Gasteiger partial charge in [0.15, 0.2) is 5.96 Å². The molecular formula is C19H40IN5O. The first kappa shape index (κ1) is 23.9. The summed E-state index contributed by atoms with van der Waals surface area (Å²) in [6.07, 6.45) is 5.09. The lowest BCUT2D eigenvalue weighted by molar-refractivity contribution is 0.0264. The fraction of sp³-hybridized carbons (Fsp3) is 0.947. The van der Waals surface area contributed by atoms with E-state index < -0.39 is 0 Å². The summed E-state index contributed by atoms with van der Waals surface area (Å²) in [6.45, 7) is 15.0. The van der Waals surface area contributed by atoms with Crippen LogP contribution in [-0.2, 0) is 4.74 Å². The number of aliphatic imine (C=N–C) groups is 1. The third kappa shape index (κ3) is 8.71. The van der Waals surface area contributed by atoms with Crippen molar-refractivity contribution in [2.45, 2.75) is 45.6 Å². The third-order valence-corrected chi connectivity index (χ3v) is 5.18. The fourth-order valence-electron chi connectivity index (χ4n) is 3.70. The van der Waals surface area contributed by atoms with Gasteiger partial charge in [-0.1, -0.05) is 0 Å². The molecule has 26 heavy (non-hydrogen) atoms. The van der Waals surface area contributed by atoms with Crippen LogP contribution >= 0.6 is 24.0 Å². The molecule has 0 unspecified atom stereocenters. The standard InChI is InChI=1S/C19H39N5O.HI/c1-4-20-19(24-14-8-18(9-15-24)25-5-2)21-10-6-12-23-13-7-11-22(3)16-17-23;/h18H,4-17H2,1-3H3,(H,20,21);1H. The SMILES string of the molecule is CCNC(=NCCCN1CCCN(C)CC1)N1CCC(OCC)CC1.I. The van der Waals surface area contributed by atoms with Crippen molar-refractivity contribution >= 4 is 29.9 Å². The number of piperidine rings is 1. The molecule has 2 saturated heterocycles. The highest BCUT2D eigenvalue weighted by Crippen LogP contribution is 2.13. The zero-order chi connectivity index (χ0) is 17.9. The van der Waals surface area contributed by atoms with Crippen molar-refractivity contribution in [3.63, 3.8) is 0 Å². The number of halogens is 1. The second-order valence-corrected chi connectivity index (χ2v) is 7.23. The Bertz CT molecular complexity index is 388. The maximum absolute atomic E-state index is 5.76. The molecular weight excluding hydrogens is 441 g/mol. The summed E-state index contributed by atoms with van der Waals surface area (Å²) < 4.78 is 5.76. The summed E-state index contributed by atoms with van der Waals surface area (Å²) in [5.41, 5.74) is 0. The Morgan fingerprint density at radius 1 is 1.08 bits per heavy atom. The summed E-state index contributed by atoms with van der Waals surface area (Å²) in [4.78, 5) is 12.3. The van der Waals surface area contributed by atoms with E-state index in [0.29, 0.717) is 6.10 Å². The van der Waals surface area contributed by atoms with Crippen LogP contribution in [0.2, 0.25) is 0 Å². The van der Waals surface area contributed by atoms with Gasteiger partial charge in [0.25, 0.3) is 0 Å². The van der Waals surface area contributed by atoms with Gasteiger partial charge in [0.1, 0.15) is 0 Å². The van der Waals surface area contributed by atoms with Crippen LogP contribution < -0.4 is 5.32 Å². The Labute approximate surface area is 177 Å². The predicted octanol–water partition coefficient (Wildman–Crippen LogP) is 2.10. The van der Waals surface area contributed by atoms with E-state index in [4.69, 9.17) is 9.73 Å². The number of likely N-dealkylation sites (N-methyl/N-ethyl adjacent to an activating group) is 1. The van der Waals surface area contributed by atoms with Gasteiger partial charge in [0.2, 0.25) is 0 Å². The zero-order valence-electron chi connectivity index (χ0n) is 17.1. The monoisotopic (exact) mass is 481 g/mol. The van der Waals surface area contributed by atoms with Crippen LogP contribution in [0.25, 0.3) is 0 Å². The Morgan fingerprint density at radius 3 is 2.54 bits per heavy atom. The number of nitrogens with zero attached hydrogens (tertiary/aromatic N) is 4. The molecule has 0 aliphatic carbocycles. The Hall–Kier alpha value is -0.120. The van der Waals surface area contributed by atoms with E-state index in [-0.39, 0.29) is 24.0 Å². The van der Waals surface area contributed by atoms with Gasteiger partial charge in [0.05, 0.1) is 6.10 Å². The normalized spacial score (nSPS) is 21.3. The van der Waals surface area contributed by atoms with Crippen molar-refractivity contribution < 1.29 is 4.74 Å². The first-order valence-corrected chi connectivity index (χ1v) is 10.3. The maximum atomic E-state index is 5.76. The highest BCUT2D eigenvalue weighted by Gasteiger charge is 2.21. The molecule has 2 aliphatic heterocycles. The second-order valence-electron chi connectivity index (χ2n) is 7.23. The van der Waals surface area contributed by atoms with Crippen LogP contribution in [0.1, 0.15) is 39.5 Å². The average Bonchev–Trinajstić information content (AvgIpc) is 2.83. The van der Waals surface area contributed by atoms with Crippen LogP contribution in [0.5, 0.6) is 0 Å². The van der Waals surface area contributed by atoms with E-state index in [1.807, 2.05) is 0 Å². The number of hydrogen-bond donors (Lipinski definition) is 1. The van der Waals surface area contributed by atoms with Gasteiger partial charge in [0, 0.05) is 45.9 Å². The third-order valence-electron chi connectivity index (χ3n) is 5.18. The minimum absolute atomic E-state index is 0. The van der Waals surface area contributed by atoms with Gasteiger partial charge < -0.3 is 24.8 Å². The van der Waals surface area contributed by atoms with Crippen LogP contribution in [0, 0.1) is 0 Å². The summed E-state index contributed by atoms with van der Waals surface area (Å²) in [7, 11) is 2.23. The fourth-order valence-corrected chi connectivity index (χ4v) is 3.70. The summed E-state index contributed by atoms with van der Waals surface area (Å²) in [5, 5.41) is 3.47. The molecule has 0 aromatic heterocycles. The van der Waals surface area contributed by atoms with Crippen molar-refractivity contribution in [2.24, 2.45) is 4.99 Å². The lowest BCUT2D eigenvalue weighted by Crippen LogP contribution is -2.47. The molecule has 0 spiro atoms. The van der Waals surface area contributed by atoms with Crippen LogP contribution in [-0.4, -0.2) is 99.3 Å². The van der Waals surface area contributed by atoms with Crippen LogP contribution in [0.15, 0.2) is 4.99 Å². The molecule has 2 fully saturated rings. The average molecular weight is 481 g/mol. The molecule has 0 aromatic carbocycles. The molecule has 2 heterocycles. The Balaban J connectivity index is 0.00000338. The van der Waals surface area contributed by atoms with Crippen molar-refractivity contribution in [3.05, 3.63) is 0 Å². The number of guanidine groups is 1. The van der Waals surface area contributed by atoms with Gasteiger partial charge in [-0.3, -0.25) is 4.99 Å². The summed E-state index contributed by atoms with van der Waals surface area (Å²) in [5.74, 6) is 1.09. The van der Waals surface area contributed by atoms with Gasteiger partial charge in [-0.15, -0.1) is 24.0 Å². The van der Waals surface area contributed by atoms with E-state index in [1.165, 1.54) is 39.1 Å². The van der Waals surface area contributed by atoms with Crippen LogP contribution in [0.4, 0.5) is 0 Å². The van der Waals surface area contributed by atoms with Crippen molar-refractivity contribution in [2.75, 3.05) is 72.6 Å². The number of nitrogens with one attached hydrogen (secondary N) is 1. The minimum Gasteiger partial charge on any atom is -0.378 e. The van der Waals surface area contributed by atoms with E-state index in [2.05, 4.69) is 40.9 Å². The molecule has 0 atom stereocenters. The van der Waals surface area contributed by atoms with Crippen molar-refractivity contribution in [1.29, 1.82) is 0 Å². The molecule has 2 aliphatic rings. The Kier molecular flexibility index (Phi) is 12.8. The lowest BCUT2D eigenvalue weighted by atomic mass is 10.1. The first-order chi connectivity index (χ1) is 12.2. The van der Waals surface area contributed by atoms with E-state index in [1.54, 1.807) is 0 Å². The zero-order valence-corrected chi connectivity index (χ0v) is 19.4. The van der Waals surface area contributed by atoms with Crippen molar-refractivity contribution in [3.8, 4) is 0 Å². The number of hydrogen-bond acceptors (Lipinski definition) is 4. The highest BCUT2D eigenvalue weighted by atomic mass is 127. The predicted molar refractivity (Wildman–Crippen MR) is 121 cm³/mol. The number of ether oxygens (including phenoxy) is 1. The molecule has 0 saturated carbocycles. The van der Waals surface area contributed by atoms with Crippen LogP contribution in [0.3, 0.4) is 0 Å². The minimum atomic E-state index is 0. The van der Waals surface area contributed by atoms with Gasteiger partial charge >= 0.3 is 0 Å². The smallest absolute Gasteiger partial charge is 0.193 e. The molecule has 0 bridgehead atoms. The highest BCUT2D eigenvalue weighted by molar-refractivity contribution is 14.0. The molecule has 7 heteroatoms. The molecule has 6 nitrogen and oxygen atoms in total. The number of likely N-dealkylation sites (tertiary alicyclic amines) is 1. The van der Waals surface area contributed by atoms with Gasteiger partial charge in [-0.2, -0.15) is 0 Å². The van der Waals surface area contributed by atoms with E-state index in [9.17, 15) is 0 Å². The first-order valence-electron chi connectivity index (χ1n) is 10.3. The largest absolute Gasteiger partial charge is 0.378 e.